The highest BCUT2D eigenvalue weighted by Gasteiger charge is 2.26. The van der Waals surface area contributed by atoms with Gasteiger partial charge in [0.05, 0.1) is 4.90 Å². The molecule has 1 N–H and O–H groups in total. The molecule has 0 aromatic heterocycles. The van der Waals surface area contributed by atoms with Gasteiger partial charge in [-0.1, -0.05) is 24.4 Å². The molecule has 0 radical (unpaired) electrons. The van der Waals surface area contributed by atoms with Gasteiger partial charge in [0.2, 0.25) is 10.0 Å². The molecular weight excluding hydrogens is 317 g/mol. The first-order valence-electron chi connectivity index (χ1n) is 6.84. The Bertz CT molecular complexity index is 531. The predicted molar refractivity (Wildman–Crippen MR) is 82.8 cm³/mol. The highest BCUT2D eigenvalue weighted by molar-refractivity contribution is 7.89. The molecule has 1 aromatic carbocycles. The lowest BCUT2D eigenvalue weighted by Crippen LogP contribution is -2.34. The zero-order valence-electron chi connectivity index (χ0n) is 11.2. The van der Waals surface area contributed by atoms with E-state index >= 15 is 0 Å². The van der Waals surface area contributed by atoms with Crippen molar-refractivity contribution < 1.29 is 8.42 Å². The highest BCUT2D eigenvalue weighted by Crippen LogP contribution is 2.30. The van der Waals surface area contributed by atoms with Gasteiger partial charge >= 0.3 is 0 Å². The van der Waals surface area contributed by atoms with Gasteiger partial charge < -0.3 is 0 Å². The average molecular weight is 336 g/mol. The first-order valence-corrected chi connectivity index (χ1v) is 9.23. The lowest BCUT2D eigenvalue weighted by Gasteiger charge is -2.30. The molecule has 1 aliphatic rings. The second-order valence-electron chi connectivity index (χ2n) is 5.26. The van der Waals surface area contributed by atoms with E-state index in [0.717, 1.165) is 19.3 Å². The van der Waals surface area contributed by atoms with Crippen LogP contribution < -0.4 is 4.72 Å². The number of benzene rings is 1. The van der Waals surface area contributed by atoms with E-state index < -0.39 is 10.0 Å². The molecule has 1 saturated carbocycles. The van der Waals surface area contributed by atoms with Crippen molar-refractivity contribution in [3.05, 3.63) is 29.3 Å². The van der Waals surface area contributed by atoms with Crippen LogP contribution in [0.1, 0.15) is 25.7 Å². The van der Waals surface area contributed by atoms with Gasteiger partial charge in [0.15, 0.2) is 0 Å². The zero-order chi connectivity index (χ0) is 14.6. The van der Waals surface area contributed by atoms with Gasteiger partial charge in [-0.15, -0.1) is 11.6 Å². The monoisotopic (exact) mass is 335 g/mol. The minimum atomic E-state index is -3.46. The fourth-order valence-electron chi connectivity index (χ4n) is 2.67. The second kappa shape index (κ2) is 7.12. The highest BCUT2D eigenvalue weighted by atomic mass is 35.5. The van der Waals surface area contributed by atoms with E-state index in [4.69, 9.17) is 23.2 Å². The molecule has 3 nitrogen and oxygen atoms in total. The van der Waals surface area contributed by atoms with Crippen molar-refractivity contribution in [2.45, 2.75) is 30.6 Å². The molecular formula is C14H19Cl2NO2S. The van der Waals surface area contributed by atoms with Gasteiger partial charge in [-0.2, -0.15) is 0 Å². The van der Waals surface area contributed by atoms with E-state index in [1.807, 2.05) is 0 Å². The summed E-state index contributed by atoms with van der Waals surface area (Å²) in [5.74, 6) is 1.36. The fraction of sp³-hybridized carbons (Fsp3) is 0.571. The van der Waals surface area contributed by atoms with Gasteiger partial charge in [0, 0.05) is 17.4 Å². The summed E-state index contributed by atoms with van der Waals surface area (Å²) in [5, 5.41) is 0.526. The van der Waals surface area contributed by atoms with Crippen LogP contribution in [0.5, 0.6) is 0 Å². The van der Waals surface area contributed by atoms with Crippen LogP contribution in [-0.4, -0.2) is 20.8 Å². The summed E-state index contributed by atoms with van der Waals surface area (Å²) in [7, 11) is -3.46. The van der Waals surface area contributed by atoms with E-state index in [0.29, 0.717) is 29.3 Å². The predicted octanol–water partition coefficient (Wildman–Crippen LogP) is 3.66. The summed E-state index contributed by atoms with van der Waals surface area (Å²) in [6.45, 7) is 0.461. The summed E-state index contributed by atoms with van der Waals surface area (Å²) >= 11 is 11.7. The minimum absolute atomic E-state index is 0.250. The van der Waals surface area contributed by atoms with E-state index in [2.05, 4.69) is 4.72 Å². The SMILES string of the molecule is O=S(=O)(NCC1CCCCC1CCl)c1ccc(Cl)cc1. The number of hydrogen-bond donors (Lipinski definition) is 1. The Labute approximate surface area is 130 Å². The van der Waals surface area contributed by atoms with E-state index in [1.54, 1.807) is 12.1 Å². The fourth-order valence-corrected chi connectivity index (χ4v) is 4.30. The molecule has 2 unspecified atom stereocenters. The Morgan fingerprint density at radius 3 is 2.30 bits per heavy atom. The summed E-state index contributed by atoms with van der Waals surface area (Å²) < 4.78 is 27.1. The molecule has 0 aliphatic heterocycles. The topological polar surface area (TPSA) is 46.2 Å². The van der Waals surface area contributed by atoms with Crippen molar-refractivity contribution in [3.63, 3.8) is 0 Å². The Hall–Kier alpha value is -0.290. The van der Waals surface area contributed by atoms with Crippen molar-refractivity contribution in [1.82, 2.24) is 4.72 Å². The van der Waals surface area contributed by atoms with Crippen LogP contribution in [0.15, 0.2) is 29.2 Å². The van der Waals surface area contributed by atoms with E-state index in [-0.39, 0.29) is 4.90 Å². The number of hydrogen-bond acceptors (Lipinski definition) is 2. The molecule has 0 saturated heterocycles. The molecule has 2 atom stereocenters. The number of sulfonamides is 1. The van der Waals surface area contributed by atoms with Crippen molar-refractivity contribution >= 4 is 33.2 Å². The van der Waals surface area contributed by atoms with Gasteiger partial charge in [-0.3, -0.25) is 0 Å². The average Bonchev–Trinajstić information content (AvgIpc) is 2.46. The molecule has 0 amide bonds. The Balaban J connectivity index is 1.99. The molecule has 6 heteroatoms. The molecule has 2 rings (SSSR count). The number of rotatable bonds is 5. The number of alkyl halides is 1. The summed E-state index contributed by atoms with van der Waals surface area (Å²) in [5.41, 5.74) is 0. The quantitative estimate of drug-likeness (QED) is 0.834. The third-order valence-electron chi connectivity index (χ3n) is 3.92. The lowest BCUT2D eigenvalue weighted by atomic mass is 9.80. The van der Waals surface area contributed by atoms with Crippen LogP contribution in [0.4, 0.5) is 0 Å². The Kier molecular flexibility index (Phi) is 5.73. The number of halogens is 2. The van der Waals surface area contributed by atoms with E-state index in [9.17, 15) is 8.42 Å². The van der Waals surface area contributed by atoms with Crippen molar-refractivity contribution in [3.8, 4) is 0 Å². The smallest absolute Gasteiger partial charge is 0.211 e. The third-order valence-corrected chi connectivity index (χ3v) is 6.01. The Morgan fingerprint density at radius 2 is 1.70 bits per heavy atom. The largest absolute Gasteiger partial charge is 0.240 e. The second-order valence-corrected chi connectivity index (χ2v) is 7.78. The zero-order valence-corrected chi connectivity index (χ0v) is 13.5. The molecule has 1 aromatic rings. The maximum Gasteiger partial charge on any atom is 0.240 e. The van der Waals surface area contributed by atoms with Gasteiger partial charge in [0.25, 0.3) is 0 Å². The molecule has 1 fully saturated rings. The van der Waals surface area contributed by atoms with Crippen LogP contribution in [0.25, 0.3) is 0 Å². The van der Waals surface area contributed by atoms with Crippen molar-refractivity contribution in [2.24, 2.45) is 11.8 Å². The number of nitrogens with one attached hydrogen (secondary N) is 1. The minimum Gasteiger partial charge on any atom is -0.211 e. The van der Waals surface area contributed by atoms with E-state index in [1.165, 1.54) is 18.6 Å². The summed E-state index contributed by atoms with van der Waals surface area (Å²) in [4.78, 5) is 0.250. The normalized spacial score (nSPS) is 23.7. The van der Waals surface area contributed by atoms with Crippen LogP contribution >= 0.6 is 23.2 Å². The molecule has 0 spiro atoms. The van der Waals surface area contributed by atoms with Crippen LogP contribution in [-0.2, 0) is 10.0 Å². The van der Waals surface area contributed by atoms with Crippen molar-refractivity contribution in [2.75, 3.05) is 12.4 Å². The van der Waals surface area contributed by atoms with Crippen molar-refractivity contribution in [1.29, 1.82) is 0 Å². The third kappa shape index (κ3) is 4.10. The first kappa shape index (κ1) is 16.1. The first-order chi connectivity index (χ1) is 9.53. The summed E-state index contributed by atoms with van der Waals surface area (Å²) in [6, 6.07) is 6.20. The van der Waals surface area contributed by atoms with Gasteiger partial charge in [-0.25, -0.2) is 13.1 Å². The lowest BCUT2D eigenvalue weighted by molar-refractivity contribution is 0.260. The van der Waals surface area contributed by atoms with Crippen LogP contribution in [0, 0.1) is 11.8 Å². The van der Waals surface area contributed by atoms with Crippen LogP contribution in [0.2, 0.25) is 5.02 Å². The molecule has 112 valence electrons. The standard InChI is InChI=1S/C14H19Cl2NO2S/c15-9-11-3-1-2-4-12(11)10-17-20(18,19)14-7-5-13(16)6-8-14/h5-8,11-12,17H,1-4,9-10H2. The molecule has 0 heterocycles. The van der Waals surface area contributed by atoms with Gasteiger partial charge in [-0.05, 0) is 48.9 Å². The maximum atomic E-state index is 12.2. The van der Waals surface area contributed by atoms with Gasteiger partial charge in [0.1, 0.15) is 0 Å². The molecule has 0 bridgehead atoms. The summed E-state index contributed by atoms with van der Waals surface area (Å²) in [6.07, 6.45) is 4.48. The molecule has 1 aliphatic carbocycles. The Morgan fingerprint density at radius 1 is 1.10 bits per heavy atom. The van der Waals surface area contributed by atoms with Crippen LogP contribution in [0.3, 0.4) is 0 Å². The maximum absolute atomic E-state index is 12.2. The molecule has 20 heavy (non-hydrogen) atoms.